The first-order valence-corrected chi connectivity index (χ1v) is 5.76. The Bertz CT molecular complexity index is 665. The van der Waals surface area contributed by atoms with Gasteiger partial charge in [0, 0.05) is 6.42 Å². The largest absolute Gasteiger partial charge is 0.390 e. The number of aliphatic hydroxyl groups excluding tert-OH is 2. The van der Waals surface area contributed by atoms with E-state index in [9.17, 15) is 15.0 Å². The monoisotopic (exact) mass is 267 g/mol. The van der Waals surface area contributed by atoms with Crippen molar-refractivity contribution in [3.8, 4) is 0 Å². The molecule has 102 valence electrons. The first-order valence-electron chi connectivity index (χ1n) is 5.76. The summed E-state index contributed by atoms with van der Waals surface area (Å²) < 4.78 is 6.94. The second-order valence-electron chi connectivity index (χ2n) is 4.43. The van der Waals surface area contributed by atoms with Crippen molar-refractivity contribution in [1.82, 2.24) is 19.5 Å². The zero-order valence-corrected chi connectivity index (χ0v) is 9.85. The number of hydrogen-bond donors (Lipinski definition) is 4. The van der Waals surface area contributed by atoms with E-state index in [1.54, 1.807) is 0 Å². The minimum absolute atomic E-state index is 0.00415. The van der Waals surface area contributed by atoms with E-state index in [0.717, 1.165) is 0 Å². The highest BCUT2D eigenvalue weighted by Crippen LogP contribution is 2.25. The fourth-order valence-corrected chi connectivity index (χ4v) is 2.10. The molecular weight excluding hydrogens is 254 g/mol. The third-order valence-corrected chi connectivity index (χ3v) is 3.11. The highest BCUT2D eigenvalue weighted by molar-refractivity contribution is 5.70. The summed E-state index contributed by atoms with van der Waals surface area (Å²) in [5.41, 5.74) is 5.50. The molecule has 0 aromatic carbocycles. The fourth-order valence-electron chi connectivity index (χ4n) is 2.10. The number of aromatic amines is 1. The van der Waals surface area contributed by atoms with Gasteiger partial charge in [0.1, 0.15) is 12.3 Å². The number of nitrogens with one attached hydrogen (secondary N) is 1. The number of aliphatic hydroxyl groups is 2. The Morgan fingerprint density at radius 2 is 2.26 bits per heavy atom. The number of imidazole rings is 1. The van der Waals surface area contributed by atoms with Crippen LogP contribution in [0.15, 0.2) is 11.1 Å². The van der Waals surface area contributed by atoms with E-state index >= 15 is 0 Å². The van der Waals surface area contributed by atoms with Crippen molar-refractivity contribution >= 4 is 17.1 Å². The van der Waals surface area contributed by atoms with Gasteiger partial charge in [-0.05, 0) is 0 Å². The van der Waals surface area contributed by atoms with Gasteiger partial charge in [0.25, 0.3) is 5.56 Å². The van der Waals surface area contributed by atoms with Crippen LogP contribution in [-0.2, 0) is 4.74 Å². The number of fused-ring (bicyclic) bond motifs is 1. The summed E-state index contributed by atoms with van der Waals surface area (Å²) in [6.07, 6.45) is -0.761. The summed E-state index contributed by atoms with van der Waals surface area (Å²) in [4.78, 5) is 22.0. The molecular formula is C10H13N5O4. The Hall–Kier alpha value is -1.97. The lowest BCUT2D eigenvalue weighted by molar-refractivity contribution is -0.144. The Balaban J connectivity index is 2.04. The van der Waals surface area contributed by atoms with Gasteiger partial charge in [-0.2, -0.15) is 4.98 Å². The van der Waals surface area contributed by atoms with Crippen molar-refractivity contribution < 1.29 is 14.9 Å². The molecule has 19 heavy (non-hydrogen) atoms. The molecule has 1 saturated heterocycles. The van der Waals surface area contributed by atoms with Crippen molar-refractivity contribution in [2.75, 3.05) is 12.3 Å². The smallest absolute Gasteiger partial charge is 0.280 e. The number of rotatable bonds is 1. The molecule has 2 aromatic heterocycles. The molecule has 1 unspecified atom stereocenters. The van der Waals surface area contributed by atoms with E-state index in [4.69, 9.17) is 10.5 Å². The molecule has 1 aliphatic rings. The lowest BCUT2D eigenvalue weighted by Crippen LogP contribution is -2.39. The van der Waals surface area contributed by atoms with E-state index in [1.165, 1.54) is 10.9 Å². The molecule has 9 heteroatoms. The van der Waals surface area contributed by atoms with Gasteiger partial charge in [0.2, 0.25) is 5.95 Å². The van der Waals surface area contributed by atoms with E-state index < -0.39 is 24.0 Å². The molecule has 0 bridgehead atoms. The lowest BCUT2D eigenvalue weighted by Gasteiger charge is -2.31. The van der Waals surface area contributed by atoms with Gasteiger partial charge in [-0.3, -0.25) is 14.3 Å². The number of ether oxygens (including phenoxy) is 1. The lowest BCUT2D eigenvalue weighted by atomic mass is 10.1. The van der Waals surface area contributed by atoms with E-state index in [0.29, 0.717) is 0 Å². The molecule has 0 amide bonds. The highest BCUT2D eigenvalue weighted by atomic mass is 16.5. The van der Waals surface area contributed by atoms with Crippen LogP contribution >= 0.6 is 0 Å². The molecule has 0 spiro atoms. The predicted octanol–water partition coefficient (Wildman–Crippen LogP) is -1.66. The van der Waals surface area contributed by atoms with Gasteiger partial charge in [-0.25, -0.2) is 4.98 Å². The average molecular weight is 267 g/mol. The maximum atomic E-state index is 11.6. The minimum atomic E-state index is -0.910. The summed E-state index contributed by atoms with van der Waals surface area (Å²) in [6, 6.07) is 0. The number of nitrogens with zero attached hydrogens (tertiary/aromatic N) is 3. The second kappa shape index (κ2) is 4.30. The number of nitrogens with two attached hydrogens (primary N) is 1. The number of anilines is 1. The van der Waals surface area contributed by atoms with Crippen LogP contribution in [0.3, 0.4) is 0 Å². The van der Waals surface area contributed by atoms with Crippen molar-refractivity contribution in [2.45, 2.75) is 24.9 Å². The quantitative estimate of drug-likeness (QED) is 0.485. The van der Waals surface area contributed by atoms with Crippen molar-refractivity contribution in [3.63, 3.8) is 0 Å². The van der Waals surface area contributed by atoms with Crippen molar-refractivity contribution in [1.29, 1.82) is 0 Å². The summed E-state index contributed by atoms with van der Waals surface area (Å²) >= 11 is 0. The topological polar surface area (TPSA) is 139 Å². The molecule has 1 aliphatic heterocycles. The standard InChI is InChI=1S/C10H13N5O4/c11-10-13-8-7(9(18)14-10)12-3-15(8)6-1-4(16)5(17)2-19-6/h3-6,16-17H,1-2H2,(H3,11,13,14,18)/t4-,5+,6?/m0/s1. The van der Waals surface area contributed by atoms with Gasteiger partial charge in [-0.15, -0.1) is 0 Å². The van der Waals surface area contributed by atoms with E-state index in [2.05, 4.69) is 15.0 Å². The normalized spacial score (nSPS) is 27.8. The summed E-state index contributed by atoms with van der Waals surface area (Å²) in [5, 5.41) is 19.1. The predicted molar refractivity (Wildman–Crippen MR) is 64.2 cm³/mol. The Kier molecular flexibility index (Phi) is 2.73. The third-order valence-electron chi connectivity index (χ3n) is 3.11. The SMILES string of the molecule is Nc1nc2c(ncn2C2C[C@H](O)[C@H](O)CO2)c(=O)[nH]1. The molecule has 1 fully saturated rings. The zero-order valence-electron chi connectivity index (χ0n) is 9.85. The highest BCUT2D eigenvalue weighted by Gasteiger charge is 2.30. The Morgan fingerprint density at radius 1 is 1.47 bits per heavy atom. The summed E-state index contributed by atoms with van der Waals surface area (Å²) in [7, 11) is 0. The number of nitrogen functional groups attached to an aromatic ring is 1. The number of hydrogen-bond acceptors (Lipinski definition) is 7. The maximum Gasteiger partial charge on any atom is 0.280 e. The Labute approximate surface area is 106 Å². The molecule has 5 N–H and O–H groups in total. The average Bonchev–Trinajstić information content (AvgIpc) is 2.76. The molecule has 0 saturated carbocycles. The van der Waals surface area contributed by atoms with Crippen LogP contribution in [0.5, 0.6) is 0 Å². The summed E-state index contributed by atoms with van der Waals surface area (Å²) in [6.45, 7) is 0.00415. The molecule has 0 radical (unpaired) electrons. The van der Waals surface area contributed by atoms with E-state index in [1.807, 2.05) is 0 Å². The van der Waals surface area contributed by atoms with Gasteiger partial charge in [-0.1, -0.05) is 0 Å². The van der Waals surface area contributed by atoms with Crippen molar-refractivity contribution in [3.05, 3.63) is 16.7 Å². The van der Waals surface area contributed by atoms with Crippen molar-refractivity contribution in [2.24, 2.45) is 0 Å². The van der Waals surface area contributed by atoms with Gasteiger partial charge >= 0.3 is 0 Å². The van der Waals surface area contributed by atoms with Crippen LogP contribution < -0.4 is 11.3 Å². The fraction of sp³-hybridized carbons (Fsp3) is 0.500. The van der Waals surface area contributed by atoms with Gasteiger partial charge < -0.3 is 20.7 Å². The number of H-pyrrole nitrogens is 1. The van der Waals surface area contributed by atoms with Crippen LogP contribution in [-0.4, -0.2) is 48.5 Å². The van der Waals surface area contributed by atoms with Crippen LogP contribution in [0.2, 0.25) is 0 Å². The van der Waals surface area contributed by atoms with Gasteiger partial charge in [0.05, 0.1) is 19.0 Å². The molecule has 9 nitrogen and oxygen atoms in total. The van der Waals surface area contributed by atoms with Crippen LogP contribution in [0.1, 0.15) is 12.6 Å². The second-order valence-corrected chi connectivity index (χ2v) is 4.43. The minimum Gasteiger partial charge on any atom is -0.390 e. The maximum absolute atomic E-state index is 11.6. The first-order chi connectivity index (χ1) is 9.06. The first kappa shape index (κ1) is 12.1. The number of aromatic nitrogens is 4. The third kappa shape index (κ3) is 1.97. The molecule has 0 aliphatic carbocycles. The zero-order chi connectivity index (χ0) is 13.6. The van der Waals surface area contributed by atoms with Crippen LogP contribution in [0.25, 0.3) is 11.2 Å². The van der Waals surface area contributed by atoms with Crippen LogP contribution in [0.4, 0.5) is 5.95 Å². The molecule has 3 rings (SSSR count). The Morgan fingerprint density at radius 3 is 3.00 bits per heavy atom. The van der Waals surface area contributed by atoms with Gasteiger partial charge in [0.15, 0.2) is 11.2 Å². The summed E-state index contributed by atoms with van der Waals surface area (Å²) in [5.74, 6) is -0.0179. The molecule has 3 heterocycles. The molecule has 2 aromatic rings. The van der Waals surface area contributed by atoms with E-state index in [-0.39, 0.29) is 30.1 Å². The van der Waals surface area contributed by atoms with Crippen LogP contribution in [0, 0.1) is 0 Å². The molecule has 3 atom stereocenters.